The van der Waals surface area contributed by atoms with Gasteiger partial charge in [0.1, 0.15) is 12.4 Å². The minimum absolute atomic E-state index is 0.110. The number of amides is 2. The zero-order valence-electron chi connectivity index (χ0n) is 14.9. The average Bonchev–Trinajstić information content (AvgIpc) is 3.21. The maximum Gasteiger partial charge on any atom is 0.318 e. The first-order valence-electron chi connectivity index (χ1n) is 8.60. The summed E-state index contributed by atoms with van der Waals surface area (Å²) < 4.78 is 10.8. The molecule has 1 fully saturated rings. The minimum atomic E-state index is -0.123. The van der Waals surface area contributed by atoms with Gasteiger partial charge in [0.15, 0.2) is 5.82 Å². The van der Waals surface area contributed by atoms with E-state index in [4.69, 9.17) is 9.26 Å². The summed E-state index contributed by atoms with van der Waals surface area (Å²) in [5, 5.41) is 6.95. The Bertz CT molecular complexity index is 731. The molecule has 2 heterocycles. The van der Waals surface area contributed by atoms with E-state index < -0.39 is 0 Å². The van der Waals surface area contributed by atoms with Crippen LogP contribution in [0.2, 0.25) is 0 Å². The van der Waals surface area contributed by atoms with Crippen molar-refractivity contribution in [3.63, 3.8) is 0 Å². The van der Waals surface area contributed by atoms with Gasteiger partial charge in [0.05, 0.1) is 12.1 Å². The Hall–Kier alpha value is -2.57. The fourth-order valence-electron chi connectivity index (χ4n) is 2.99. The van der Waals surface area contributed by atoms with Gasteiger partial charge in [-0.15, -0.1) is 0 Å². The topological polar surface area (TPSA) is 80.5 Å². The molecule has 0 radical (unpaired) electrons. The van der Waals surface area contributed by atoms with Crippen molar-refractivity contribution in [1.82, 2.24) is 20.4 Å². The van der Waals surface area contributed by atoms with Crippen LogP contribution in [0.4, 0.5) is 4.79 Å². The standard InChI is InChI=1S/C18H24N4O3/c1-12-6-4-7-15(10-12)24-11-13(2)19-18(23)22-9-5-8-16(22)17-20-14(3)25-21-17/h4,6-7,10,13,16H,5,8-9,11H2,1-3H3,(H,19,23)/t13-,16+/m1/s1. The number of ether oxygens (including phenoxy) is 1. The number of benzene rings is 1. The molecule has 7 heteroatoms. The lowest BCUT2D eigenvalue weighted by Gasteiger charge is -2.25. The summed E-state index contributed by atoms with van der Waals surface area (Å²) in [6.45, 7) is 6.80. The predicted molar refractivity (Wildman–Crippen MR) is 92.4 cm³/mol. The number of rotatable bonds is 5. The van der Waals surface area contributed by atoms with E-state index in [-0.39, 0.29) is 18.1 Å². The van der Waals surface area contributed by atoms with Crippen LogP contribution < -0.4 is 10.1 Å². The highest BCUT2D eigenvalue weighted by Gasteiger charge is 2.33. The van der Waals surface area contributed by atoms with Gasteiger partial charge in [-0.1, -0.05) is 17.3 Å². The van der Waals surface area contributed by atoms with E-state index in [0.29, 0.717) is 24.9 Å². The molecular formula is C18H24N4O3. The average molecular weight is 344 g/mol. The van der Waals surface area contributed by atoms with Gasteiger partial charge in [-0.25, -0.2) is 4.79 Å². The summed E-state index contributed by atoms with van der Waals surface area (Å²) in [7, 11) is 0. The van der Waals surface area contributed by atoms with E-state index in [0.717, 1.165) is 24.2 Å². The van der Waals surface area contributed by atoms with Crippen molar-refractivity contribution in [1.29, 1.82) is 0 Å². The number of nitrogens with zero attached hydrogens (tertiary/aromatic N) is 3. The zero-order valence-corrected chi connectivity index (χ0v) is 14.9. The molecule has 0 aliphatic carbocycles. The van der Waals surface area contributed by atoms with Crippen LogP contribution in [0.25, 0.3) is 0 Å². The number of carbonyl (C=O) groups is 1. The van der Waals surface area contributed by atoms with Gasteiger partial charge in [0.25, 0.3) is 0 Å². The zero-order chi connectivity index (χ0) is 17.8. The van der Waals surface area contributed by atoms with Gasteiger partial charge >= 0.3 is 6.03 Å². The normalized spacial score (nSPS) is 18.2. The quantitative estimate of drug-likeness (QED) is 0.902. The number of aryl methyl sites for hydroxylation is 2. The summed E-state index contributed by atoms with van der Waals surface area (Å²) in [5.74, 6) is 1.90. The highest BCUT2D eigenvalue weighted by molar-refractivity contribution is 5.75. The van der Waals surface area contributed by atoms with Gasteiger partial charge < -0.3 is 19.5 Å². The van der Waals surface area contributed by atoms with Gasteiger partial charge in [-0.2, -0.15) is 4.98 Å². The lowest BCUT2D eigenvalue weighted by Crippen LogP contribution is -2.45. The van der Waals surface area contributed by atoms with Gasteiger partial charge in [0, 0.05) is 13.5 Å². The van der Waals surface area contributed by atoms with Crippen LogP contribution in [-0.2, 0) is 0 Å². The summed E-state index contributed by atoms with van der Waals surface area (Å²) in [4.78, 5) is 18.6. The second-order valence-corrected chi connectivity index (χ2v) is 6.50. The monoisotopic (exact) mass is 344 g/mol. The number of nitrogens with one attached hydrogen (secondary N) is 1. The summed E-state index contributed by atoms with van der Waals surface area (Å²) in [5.41, 5.74) is 1.14. The molecule has 1 aromatic heterocycles. The molecule has 1 aliphatic rings. The summed E-state index contributed by atoms with van der Waals surface area (Å²) in [6.07, 6.45) is 1.78. The third kappa shape index (κ3) is 4.29. The highest BCUT2D eigenvalue weighted by Crippen LogP contribution is 2.30. The molecule has 1 aromatic carbocycles. The van der Waals surface area contributed by atoms with Crippen molar-refractivity contribution in [2.75, 3.05) is 13.2 Å². The lowest BCUT2D eigenvalue weighted by atomic mass is 10.2. The van der Waals surface area contributed by atoms with Crippen molar-refractivity contribution in [2.24, 2.45) is 0 Å². The first-order valence-corrected chi connectivity index (χ1v) is 8.60. The van der Waals surface area contributed by atoms with E-state index in [1.165, 1.54) is 0 Å². The van der Waals surface area contributed by atoms with Crippen molar-refractivity contribution >= 4 is 6.03 Å². The van der Waals surface area contributed by atoms with Crippen LogP contribution in [0.3, 0.4) is 0 Å². The van der Waals surface area contributed by atoms with E-state index in [2.05, 4.69) is 15.5 Å². The molecule has 2 aromatic rings. The van der Waals surface area contributed by atoms with Crippen LogP contribution in [0.5, 0.6) is 5.75 Å². The lowest BCUT2D eigenvalue weighted by molar-refractivity contribution is 0.180. The molecule has 1 N–H and O–H groups in total. The third-order valence-corrected chi connectivity index (χ3v) is 4.21. The Balaban J connectivity index is 1.54. The van der Waals surface area contributed by atoms with Crippen LogP contribution in [0.1, 0.15) is 43.1 Å². The SMILES string of the molecule is Cc1cccc(OC[C@@H](C)NC(=O)N2CCC[C@H]2c2noc(C)n2)c1. The Kier molecular flexibility index (Phi) is 5.21. The van der Waals surface area contributed by atoms with E-state index in [1.807, 2.05) is 38.1 Å². The van der Waals surface area contributed by atoms with Gasteiger partial charge in [-0.05, 0) is 44.4 Å². The number of carbonyl (C=O) groups excluding carboxylic acids is 1. The Morgan fingerprint density at radius 1 is 1.48 bits per heavy atom. The molecular weight excluding hydrogens is 320 g/mol. The number of likely N-dealkylation sites (tertiary alicyclic amines) is 1. The Morgan fingerprint density at radius 3 is 3.04 bits per heavy atom. The number of aromatic nitrogens is 2. The first-order chi connectivity index (χ1) is 12.0. The predicted octanol–water partition coefficient (Wildman–Crippen LogP) is 3.00. The minimum Gasteiger partial charge on any atom is -0.491 e. The second kappa shape index (κ2) is 7.55. The van der Waals surface area contributed by atoms with Crippen LogP contribution >= 0.6 is 0 Å². The number of hydrogen-bond donors (Lipinski definition) is 1. The summed E-state index contributed by atoms with van der Waals surface area (Å²) in [6, 6.07) is 7.51. The Morgan fingerprint density at radius 2 is 2.32 bits per heavy atom. The number of urea groups is 1. The van der Waals surface area contributed by atoms with E-state index in [9.17, 15) is 4.79 Å². The van der Waals surface area contributed by atoms with Crippen LogP contribution in [-0.4, -0.2) is 40.3 Å². The second-order valence-electron chi connectivity index (χ2n) is 6.50. The molecule has 0 bridgehead atoms. The highest BCUT2D eigenvalue weighted by atomic mass is 16.5. The van der Waals surface area contributed by atoms with Crippen molar-refractivity contribution in [3.8, 4) is 5.75 Å². The number of hydrogen-bond acceptors (Lipinski definition) is 5. The molecule has 0 unspecified atom stereocenters. The van der Waals surface area contributed by atoms with Crippen LogP contribution in [0.15, 0.2) is 28.8 Å². The summed E-state index contributed by atoms with van der Waals surface area (Å²) >= 11 is 0. The molecule has 3 rings (SSSR count). The fourth-order valence-corrected chi connectivity index (χ4v) is 2.99. The van der Waals surface area contributed by atoms with Crippen molar-refractivity contribution in [3.05, 3.63) is 41.5 Å². The third-order valence-electron chi connectivity index (χ3n) is 4.21. The molecule has 1 aliphatic heterocycles. The van der Waals surface area contributed by atoms with Crippen LogP contribution in [0, 0.1) is 13.8 Å². The molecule has 2 atom stereocenters. The Labute approximate surface area is 147 Å². The fraction of sp³-hybridized carbons (Fsp3) is 0.500. The largest absolute Gasteiger partial charge is 0.491 e. The van der Waals surface area contributed by atoms with Crippen molar-refractivity contribution in [2.45, 2.75) is 45.7 Å². The van der Waals surface area contributed by atoms with Crippen molar-refractivity contribution < 1.29 is 14.1 Å². The molecule has 134 valence electrons. The maximum absolute atomic E-state index is 12.6. The molecule has 1 saturated heterocycles. The molecule has 2 amide bonds. The van der Waals surface area contributed by atoms with Gasteiger partial charge in [0.2, 0.25) is 5.89 Å². The molecule has 0 saturated carbocycles. The maximum atomic E-state index is 12.6. The molecule has 25 heavy (non-hydrogen) atoms. The molecule has 0 spiro atoms. The van der Waals surface area contributed by atoms with Gasteiger partial charge in [-0.3, -0.25) is 0 Å². The van der Waals surface area contributed by atoms with E-state index in [1.54, 1.807) is 11.8 Å². The van der Waals surface area contributed by atoms with E-state index >= 15 is 0 Å². The molecule has 7 nitrogen and oxygen atoms in total. The first kappa shape index (κ1) is 17.3. The smallest absolute Gasteiger partial charge is 0.318 e.